The summed E-state index contributed by atoms with van der Waals surface area (Å²) in [6.07, 6.45) is -0.0423. The number of alkyl halides is 2. The van der Waals surface area contributed by atoms with Gasteiger partial charge in [0.15, 0.2) is 0 Å². The molecule has 0 aliphatic rings. The molecule has 3 rings (SSSR count). The maximum absolute atomic E-state index is 12.6. The molecule has 7 nitrogen and oxygen atoms in total. The van der Waals surface area contributed by atoms with Crippen LogP contribution in [-0.2, 0) is 18.6 Å². The number of halogens is 2. The van der Waals surface area contributed by atoms with Crippen molar-refractivity contribution in [3.8, 4) is 11.5 Å². The minimum atomic E-state index is -0.806. The van der Waals surface area contributed by atoms with Crippen LogP contribution in [0.2, 0.25) is 0 Å². The van der Waals surface area contributed by atoms with Crippen molar-refractivity contribution < 1.29 is 24.1 Å². The number of nitrogens with zero attached hydrogens (tertiary/aromatic N) is 3. The van der Waals surface area contributed by atoms with Crippen molar-refractivity contribution in [3.63, 3.8) is 0 Å². The molecule has 0 amide bonds. The van der Waals surface area contributed by atoms with Crippen LogP contribution in [0.4, 0.5) is 4.39 Å². The van der Waals surface area contributed by atoms with Gasteiger partial charge in [0.05, 0.1) is 18.6 Å². The molecule has 1 heterocycles. The lowest BCUT2D eigenvalue weighted by molar-refractivity contribution is 0.0888. The molecule has 0 saturated heterocycles. The predicted octanol–water partition coefficient (Wildman–Crippen LogP) is 3.80. The van der Waals surface area contributed by atoms with Crippen LogP contribution in [0.25, 0.3) is 0 Å². The van der Waals surface area contributed by atoms with Crippen molar-refractivity contribution in [2.45, 2.75) is 51.6 Å². The maximum atomic E-state index is 12.6. The highest BCUT2D eigenvalue weighted by atomic mass is 35.5. The Morgan fingerprint density at radius 3 is 2.32 bits per heavy atom. The highest BCUT2D eigenvalue weighted by molar-refractivity contribution is 6.18. The predicted molar refractivity (Wildman–Crippen MR) is 128 cm³/mol. The molecular formula is C25H31ClFN3O4. The van der Waals surface area contributed by atoms with Gasteiger partial charge in [0, 0.05) is 5.41 Å². The summed E-state index contributed by atoms with van der Waals surface area (Å²) in [5.74, 6) is 1.49. The molecular weight excluding hydrogens is 461 g/mol. The number of benzene rings is 2. The quantitative estimate of drug-likeness (QED) is 0.375. The van der Waals surface area contributed by atoms with Gasteiger partial charge in [0.1, 0.15) is 49.3 Å². The van der Waals surface area contributed by atoms with Gasteiger partial charge < -0.3 is 19.7 Å². The van der Waals surface area contributed by atoms with Crippen LogP contribution in [0.15, 0.2) is 48.7 Å². The Morgan fingerprint density at radius 1 is 1.03 bits per heavy atom. The molecule has 184 valence electrons. The lowest BCUT2D eigenvalue weighted by Gasteiger charge is -2.27. The van der Waals surface area contributed by atoms with E-state index in [-0.39, 0.29) is 36.7 Å². The second-order valence-electron chi connectivity index (χ2n) is 8.78. The first kappa shape index (κ1) is 25.9. The molecule has 0 aliphatic heterocycles. The Kier molecular flexibility index (Phi) is 8.88. The third-order valence-corrected chi connectivity index (χ3v) is 6.00. The van der Waals surface area contributed by atoms with Crippen LogP contribution in [0.5, 0.6) is 11.5 Å². The zero-order valence-electron chi connectivity index (χ0n) is 19.6. The summed E-state index contributed by atoms with van der Waals surface area (Å²) in [5, 5.41) is 27.2. The molecule has 9 heteroatoms. The zero-order chi connectivity index (χ0) is 24.7. The van der Waals surface area contributed by atoms with E-state index in [2.05, 4.69) is 30.2 Å². The van der Waals surface area contributed by atoms with Crippen molar-refractivity contribution >= 4 is 11.6 Å². The van der Waals surface area contributed by atoms with E-state index < -0.39 is 18.9 Å². The van der Waals surface area contributed by atoms with Gasteiger partial charge in [0.2, 0.25) is 0 Å². The van der Waals surface area contributed by atoms with Crippen molar-refractivity contribution in [2.75, 3.05) is 19.1 Å². The van der Waals surface area contributed by atoms with Gasteiger partial charge in [0.25, 0.3) is 0 Å². The van der Waals surface area contributed by atoms with Gasteiger partial charge in [-0.2, -0.15) is 0 Å². The van der Waals surface area contributed by atoms with Crippen LogP contribution in [0, 0.1) is 6.92 Å². The van der Waals surface area contributed by atoms with E-state index >= 15 is 0 Å². The van der Waals surface area contributed by atoms with Crippen molar-refractivity contribution in [3.05, 3.63) is 71.0 Å². The first-order valence-electron chi connectivity index (χ1n) is 11.1. The Labute approximate surface area is 204 Å². The maximum Gasteiger partial charge on any atom is 0.135 e. The fraction of sp³-hybridized carbons (Fsp3) is 0.440. The average Bonchev–Trinajstić information content (AvgIpc) is 3.29. The minimum absolute atomic E-state index is 0.0760. The Morgan fingerprint density at radius 2 is 1.71 bits per heavy atom. The van der Waals surface area contributed by atoms with E-state index in [4.69, 9.17) is 21.1 Å². The molecule has 0 aliphatic carbocycles. The number of ether oxygens (including phenoxy) is 2. The number of aliphatic hydroxyl groups excluding tert-OH is 2. The minimum Gasteiger partial charge on any atom is -0.491 e. The van der Waals surface area contributed by atoms with Crippen molar-refractivity contribution in [1.29, 1.82) is 0 Å². The summed E-state index contributed by atoms with van der Waals surface area (Å²) in [6.45, 7) is 5.97. The van der Waals surface area contributed by atoms with Gasteiger partial charge in [-0.25, -0.2) is 9.07 Å². The summed E-state index contributed by atoms with van der Waals surface area (Å²) in [4.78, 5) is 0. The fourth-order valence-corrected chi connectivity index (χ4v) is 3.60. The topological polar surface area (TPSA) is 89.6 Å². The molecule has 0 radical (unpaired) electrons. The normalized spacial score (nSPS) is 13.5. The Bertz CT molecular complexity index is 1060. The van der Waals surface area contributed by atoms with Crippen LogP contribution in [0.3, 0.4) is 0 Å². The standard InChI is InChI=1S/C25H31ClFN3O4/c1-17-10-19(6-9-24(17)34-15-21(31)11-26)25(2,3)18-4-7-23(8-5-18)33-16-22(32)14-30-13-20(12-27)28-29-30/h4-10,13,21-22,31-32H,11-12,14-16H2,1-3H3. The van der Waals surface area contributed by atoms with Crippen LogP contribution in [0.1, 0.15) is 36.2 Å². The van der Waals surface area contributed by atoms with E-state index in [1.165, 1.54) is 10.9 Å². The fourth-order valence-electron chi connectivity index (χ4n) is 3.52. The molecule has 34 heavy (non-hydrogen) atoms. The number of hydrogen-bond acceptors (Lipinski definition) is 6. The van der Waals surface area contributed by atoms with Crippen molar-refractivity contribution in [2.24, 2.45) is 0 Å². The van der Waals surface area contributed by atoms with E-state index in [9.17, 15) is 14.6 Å². The summed E-state index contributed by atoms with van der Waals surface area (Å²) < 4.78 is 25.3. The van der Waals surface area contributed by atoms with Gasteiger partial charge in [-0.1, -0.05) is 43.3 Å². The van der Waals surface area contributed by atoms with Crippen LogP contribution >= 0.6 is 11.6 Å². The number of rotatable bonds is 12. The summed E-state index contributed by atoms with van der Waals surface area (Å²) in [7, 11) is 0. The summed E-state index contributed by atoms with van der Waals surface area (Å²) in [5.41, 5.74) is 3.17. The zero-order valence-corrected chi connectivity index (χ0v) is 20.4. The third kappa shape index (κ3) is 6.68. The summed E-state index contributed by atoms with van der Waals surface area (Å²) in [6, 6.07) is 13.8. The molecule has 0 fully saturated rings. The first-order chi connectivity index (χ1) is 16.2. The number of aromatic nitrogens is 3. The first-order valence-corrected chi connectivity index (χ1v) is 11.6. The van der Waals surface area contributed by atoms with Gasteiger partial charge in [-0.15, -0.1) is 16.7 Å². The monoisotopic (exact) mass is 491 g/mol. The van der Waals surface area contributed by atoms with Crippen LogP contribution in [-0.4, -0.2) is 56.5 Å². The second kappa shape index (κ2) is 11.6. The molecule has 0 spiro atoms. The van der Waals surface area contributed by atoms with Gasteiger partial charge in [-0.3, -0.25) is 0 Å². The molecule has 2 N–H and O–H groups in total. The molecule has 0 bridgehead atoms. The average molecular weight is 492 g/mol. The van der Waals surface area contributed by atoms with E-state index in [1.54, 1.807) is 0 Å². The molecule has 1 aromatic heterocycles. The third-order valence-electron chi connectivity index (χ3n) is 5.65. The molecule has 2 atom stereocenters. The highest BCUT2D eigenvalue weighted by Gasteiger charge is 2.24. The van der Waals surface area contributed by atoms with Gasteiger partial charge >= 0.3 is 0 Å². The Hall–Kier alpha value is -2.68. The molecule has 3 aromatic rings. The largest absolute Gasteiger partial charge is 0.491 e. The lowest BCUT2D eigenvalue weighted by Crippen LogP contribution is -2.24. The van der Waals surface area contributed by atoms with Gasteiger partial charge in [-0.05, 0) is 41.8 Å². The number of aryl methyl sites for hydroxylation is 1. The molecule has 2 aromatic carbocycles. The lowest BCUT2D eigenvalue weighted by atomic mass is 9.77. The second-order valence-corrected chi connectivity index (χ2v) is 9.09. The Balaban J connectivity index is 1.59. The van der Waals surface area contributed by atoms with E-state index in [0.717, 1.165) is 22.4 Å². The molecule has 0 saturated carbocycles. The van der Waals surface area contributed by atoms with E-state index in [0.29, 0.717) is 5.75 Å². The van der Waals surface area contributed by atoms with Crippen LogP contribution < -0.4 is 9.47 Å². The van der Waals surface area contributed by atoms with Crippen molar-refractivity contribution in [1.82, 2.24) is 15.0 Å². The highest BCUT2D eigenvalue weighted by Crippen LogP contribution is 2.34. The SMILES string of the molecule is Cc1cc(C(C)(C)c2ccc(OCC(O)Cn3cc(CF)nn3)cc2)ccc1OCC(O)CCl. The smallest absolute Gasteiger partial charge is 0.135 e. The number of aliphatic hydroxyl groups is 2. The van der Waals surface area contributed by atoms with E-state index in [1.807, 2.05) is 43.3 Å². The summed E-state index contributed by atoms with van der Waals surface area (Å²) >= 11 is 5.63. The number of hydrogen-bond donors (Lipinski definition) is 2. The molecule has 2 unspecified atom stereocenters.